The molecule has 1 aromatic carbocycles. The third kappa shape index (κ3) is 2.08. The summed E-state index contributed by atoms with van der Waals surface area (Å²) in [6, 6.07) is 4.12. The molecule has 0 aromatic heterocycles. The van der Waals surface area contributed by atoms with Crippen LogP contribution in [0.1, 0.15) is 12.5 Å². The lowest BCUT2D eigenvalue weighted by atomic mass is 10.1. The summed E-state index contributed by atoms with van der Waals surface area (Å²) in [4.78, 5) is 4.46. The van der Waals surface area contributed by atoms with E-state index in [0.29, 0.717) is 23.3 Å². The van der Waals surface area contributed by atoms with Crippen molar-refractivity contribution in [3.8, 4) is 17.2 Å². The maximum Gasteiger partial charge on any atom is 0.204 e. The van der Waals surface area contributed by atoms with Gasteiger partial charge >= 0.3 is 0 Å². The molecule has 1 N–H and O–H groups in total. The maximum atomic E-state index is 5.43. The molecule has 5 heteroatoms. The molecule has 98 valence electrons. The molecule has 1 atom stereocenters. The fraction of sp³-hybridized carbons (Fsp3) is 0.462. The van der Waals surface area contributed by atoms with E-state index < -0.39 is 0 Å². The Kier molecular flexibility index (Phi) is 3.60. The van der Waals surface area contributed by atoms with Crippen molar-refractivity contribution in [2.75, 3.05) is 27.9 Å². The molecule has 0 spiro atoms. The SMILES string of the molecule is COc1ccc(C2=NCC(C)N2)c(OC)c1OC. The van der Waals surface area contributed by atoms with Gasteiger partial charge in [0, 0.05) is 6.04 Å². The lowest BCUT2D eigenvalue weighted by molar-refractivity contribution is 0.324. The summed E-state index contributed by atoms with van der Waals surface area (Å²) < 4.78 is 16.0. The normalized spacial score (nSPS) is 18.0. The largest absolute Gasteiger partial charge is 0.493 e. The molecule has 0 aliphatic carbocycles. The molecule has 1 heterocycles. The van der Waals surface area contributed by atoms with Crippen molar-refractivity contribution in [2.24, 2.45) is 4.99 Å². The predicted octanol–water partition coefficient (Wildman–Crippen LogP) is 1.45. The number of methoxy groups -OCH3 is 3. The highest BCUT2D eigenvalue weighted by atomic mass is 16.5. The second-order valence-corrected chi connectivity index (χ2v) is 4.12. The molecule has 18 heavy (non-hydrogen) atoms. The molecule has 0 saturated heterocycles. The molecule has 5 nitrogen and oxygen atoms in total. The number of hydrogen-bond donors (Lipinski definition) is 1. The van der Waals surface area contributed by atoms with E-state index >= 15 is 0 Å². The molecule has 0 radical (unpaired) electrons. The summed E-state index contributed by atoms with van der Waals surface area (Å²) >= 11 is 0. The number of benzene rings is 1. The van der Waals surface area contributed by atoms with Crippen LogP contribution in [0.3, 0.4) is 0 Å². The lowest BCUT2D eigenvalue weighted by Crippen LogP contribution is -2.28. The minimum atomic E-state index is 0.345. The molecule has 1 aliphatic rings. The Labute approximate surface area is 107 Å². The monoisotopic (exact) mass is 250 g/mol. The quantitative estimate of drug-likeness (QED) is 0.878. The van der Waals surface area contributed by atoms with Gasteiger partial charge in [-0.1, -0.05) is 0 Å². The molecule has 0 amide bonds. The molecule has 1 unspecified atom stereocenters. The van der Waals surface area contributed by atoms with Gasteiger partial charge in [-0.2, -0.15) is 0 Å². The average Bonchev–Trinajstić information content (AvgIpc) is 2.83. The highest BCUT2D eigenvalue weighted by molar-refractivity contribution is 6.03. The Morgan fingerprint density at radius 2 is 1.83 bits per heavy atom. The molecule has 1 aliphatic heterocycles. The Hall–Kier alpha value is -1.91. The first-order valence-electron chi connectivity index (χ1n) is 5.81. The van der Waals surface area contributed by atoms with E-state index in [2.05, 4.69) is 17.2 Å². The molecule has 0 saturated carbocycles. The van der Waals surface area contributed by atoms with Crippen molar-refractivity contribution in [1.29, 1.82) is 0 Å². The van der Waals surface area contributed by atoms with Gasteiger partial charge in [0.1, 0.15) is 5.84 Å². The van der Waals surface area contributed by atoms with Crippen LogP contribution in [-0.4, -0.2) is 39.8 Å². The first-order valence-corrected chi connectivity index (χ1v) is 5.81. The van der Waals surface area contributed by atoms with Gasteiger partial charge in [-0.15, -0.1) is 0 Å². The number of amidine groups is 1. The number of hydrogen-bond acceptors (Lipinski definition) is 5. The van der Waals surface area contributed by atoms with Crippen LogP contribution in [-0.2, 0) is 0 Å². The Balaban J connectivity index is 2.48. The molecular weight excluding hydrogens is 232 g/mol. The van der Waals surface area contributed by atoms with Crippen LogP contribution in [0, 0.1) is 0 Å². The van der Waals surface area contributed by atoms with Crippen LogP contribution in [0.4, 0.5) is 0 Å². The predicted molar refractivity (Wildman–Crippen MR) is 70.1 cm³/mol. The Morgan fingerprint density at radius 1 is 1.11 bits per heavy atom. The number of aliphatic imine (C=N–C) groups is 1. The van der Waals surface area contributed by atoms with Crippen molar-refractivity contribution in [3.63, 3.8) is 0 Å². The number of nitrogens with one attached hydrogen (secondary N) is 1. The summed E-state index contributed by atoms with van der Waals surface area (Å²) in [5.41, 5.74) is 0.888. The highest BCUT2D eigenvalue weighted by Gasteiger charge is 2.22. The highest BCUT2D eigenvalue weighted by Crippen LogP contribution is 2.40. The van der Waals surface area contributed by atoms with Gasteiger partial charge < -0.3 is 19.5 Å². The smallest absolute Gasteiger partial charge is 0.204 e. The summed E-state index contributed by atoms with van der Waals surface area (Å²) in [6.45, 7) is 2.86. The van der Waals surface area contributed by atoms with Crippen LogP contribution >= 0.6 is 0 Å². The van der Waals surface area contributed by atoms with Gasteiger partial charge in [0.15, 0.2) is 11.5 Å². The minimum Gasteiger partial charge on any atom is -0.493 e. The van der Waals surface area contributed by atoms with Crippen molar-refractivity contribution in [1.82, 2.24) is 5.32 Å². The summed E-state index contributed by atoms with van der Waals surface area (Å²) in [5.74, 6) is 2.70. The van der Waals surface area contributed by atoms with Gasteiger partial charge in [-0.25, -0.2) is 0 Å². The van der Waals surface area contributed by atoms with Crippen molar-refractivity contribution in [3.05, 3.63) is 17.7 Å². The molecule has 0 fully saturated rings. The number of ether oxygens (including phenoxy) is 3. The van der Waals surface area contributed by atoms with Crippen LogP contribution in [0.15, 0.2) is 17.1 Å². The van der Waals surface area contributed by atoms with E-state index in [4.69, 9.17) is 14.2 Å². The van der Waals surface area contributed by atoms with Crippen LogP contribution in [0.2, 0.25) is 0 Å². The number of nitrogens with zero attached hydrogens (tertiary/aromatic N) is 1. The molecular formula is C13H18N2O3. The van der Waals surface area contributed by atoms with Gasteiger partial charge in [0.05, 0.1) is 33.4 Å². The fourth-order valence-corrected chi connectivity index (χ4v) is 2.00. The van der Waals surface area contributed by atoms with E-state index in [1.165, 1.54) is 0 Å². The third-order valence-electron chi connectivity index (χ3n) is 2.87. The topological polar surface area (TPSA) is 52.1 Å². The van der Waals surface area contributed by atoms with E-state index in [9.17, 15) is 0 Å². The maximum absolute atomic E-state index is 5.43. The second-order valence-electron chi connectivity index (χ2n) is 4.12. The summed E-state index contributed by atoms with van der Waals surface area (Å²) in [7, 11) is 4.81. The van der Waals surface area contributed by atoms with Gasteiger partial charge in [0.25, 0.3) is 0 Å². The zero-order valence-electron chi connectivity index (χ0n) is 11.1. The van der Waals surface area contributed by atoms with Crippen molar-refractivity contribution >= 4 is 5.84 Å². The van der Waals surface area contributed by atoms with Gasteiger partial charge in [-0.3, -0.25) is 4.99 Å². The second kappa shape index (κ2) is 5.16. The summed E-state index contributed by atoms with van der Waals surface area (Å²) in [5, 5.41) is 3.31. The summed E-state index contributed by atoms with van der Waals surface area (Å²) in [6.07, 6.45) is 0. The van der Waals surface area contributed by atoms with Crippen molar-refractivity contribution in [2.45, 2.75) is 13.0 Å². The van der Waals surface area contributed by atoms with E-state index in [1.54, 1.807) is 21.3 Å². The zero-order chi connectivity index (χ0) is 13.1. The zero-order valence-corrected chi connectivity index (χ0v) is 11.1. The van der Waals surface area contributed by atoms with Gasteiger partial charge in [-0.05, 0) is 19.1 Å². The van der Waals surface area contributed by atoms with Gasteiger partial charge in [0.2, 0.25) is 5.75 Å². The minimum absolute atomic E-state index is 0.345. The standard InChI is InChI=1S/C13H18N2O3/c1-8-7-14-13(15-8)9-5-6-10(16-2)12(18-4)11(9)17-3/h5-6,8H,7H2,1-4H3,(H,14,15). The molecule has 2 rings (SSSR count). The Morgan fingerprint density at radius 3 is 2.33 bits per heavy atom. The average molecular weight is 250 g/mol. The fourth-order valence-electron chi connectivity index (χ4n) is 2.00. The van der Waals surface area contributed by atoms with Crippen LogP contribution in [0.25, 0.3) is 0 Å². The van der Waals surface area contributed by atoms with Crippen LogP contribution in [0.5, 0.6) is 17.2 Å². The lowest BCUT2D eigenvalue weighted by Gasteiger charge is -2.16. The van der Waals surface area contributed by atoms with Crippen LogP contribution < -0.4 is 19.5 Å². The number of rotatable bonds is 4. The van der Waals surface area contributed by atoms with Crippen molar-refractivity contribution < 1.29 is 14.2 Å². The van der Waals surface area contributed by atoms with E-state index in [0.717, 1.165) is 17.9 Å². The molecule has 1 aromatic rings. The van der Waals surface area contributed by atoms with E-state index in [-0.39, 0.29) is 0 Å². The first-order chi connectivity index (χ1) is 8.71. The first kappa shape index (κ1) is 12.5. The Bertz CT molecular complexity index is 472. The molecule has 0 bridgehead atoms. The third-order valence-corrected chi connectivity index (χ3v) is 2.87. The van der Waals surface area contributed by atoms with E-state index in [1.807, 2.05) is 12.1 Å².